The van der Waals surface area contributed by atoms with Gasteiger partial charge in [0.25, 0.3) is 0 Å². The number of nitrogens with zero attached hydrogens (tertiary/aromatic N) is 6. The molecule has 8 nitrogen and oxygen atoms in total. The lowest BCUT2D eigenvalue weighted by Gasteiger charge is -2.37. The van der Waals surface area contributed by atoms with Gasteiger partial charge in [-0.25, -0.2) is 15.0 Å². The zero-order valence-corrected chi connectivity index (χ0v) is 15.7. The predicted octanol–water partition coefficient (Wildman–Crippen LogP) is 1.81. The highest BCUT2D eigenvalue weighted by molar-refractivity contribution is 5.83. The molecule has 1 aromatic carbocycles. The van der Waals surface area contributed by atoms with Crippen LogP contribution in [0.15, 0.2) is 36.9 Å². The Hall–Kier alpha value is -2.87. The summed E-state index contributed by atoms with van der Waals surface area (Å²) in [4.78, 5) is 18.1. The third-order valence-corrected chi connectivity index (χ3v) is 4.92. The number of benzene rings is 1. The summed E-state index contributed by atoms with van der Waals surface area (Å²) in [7, 11) is 3.41. The molecular weight excluding hydrogens is 344 g/mol. The van der Waals surface area contributed by atoms with E-state index in [2.05, 4.69) is 30.8 Å². The van der Waals surface area contributed by atoms with E-state index in [-0.39, 0.29) is 0 Å². The topological polar surface area (TPSA) is 68.5 Å². The van der Waals surface area contributed by atoms with Crippen molar-refractivity contribution >= 4 is 22.7 Å². The molecule has 0 N–H and O–H groups in total. The zero-order chi connectivity index (χ0) is 18.6. The molecule has 0 spiro atoms. The summed E-state index contributed by atoms with van der Waals surface area (Å²) < 4.78 is 12.7. The van der Waals surface area contributed by atoms with E-state index in [4.69, 9.17) is 9.47 Å². The number of imidazole rings is 1. The number of hydrogen-bond acceptors (Lipinski definition) is 7. The minimum atomic E-state index is 0.627. The van der Waals surface area contributed by atoms with Crippen LogP contribution >= 0.6 is 0 Å². The largest absolute Gasteiger partial charge is 0.495 e. The van der Waals surface area contributed by atoms with Gasteiger partial charge in [-0.15, -0.1) is 0 Å². The van der Waals surface area contributed by atoms with Gasteiger partial charge in [0, 0.05) is 39.8 Å². The van der Waals surface area contributed by atoms with Crippen molar-refractivity contribution in [2.75, 3.05) is 56.8 Å². The quantitative estimate of drug-likeness (QED) is 0.657. The molecule has 3 aromatic rings. The number of aromatic nitrogens is 4. The Kier molecular flexibility index (Phi) is 5.06. The smallest absolute Gasteiger partial charge is 0.165 e. The summed E-state index contributed by atoms with van der Waals surface area (Å²) in [5, 5.41) is 0. The molecule has 27 heavy (non-hydrogen) atoms. The van der Waals surface area contributed by atoms with E-state index in [0.717, 1.165) is 61.1 Å². The Morgan fingerprint density at radius 2 is 1.74 bits per heavy atom. The van der Waals surface area contributed by atoms with Gasteiger partial charge in [-0.3, -0.25) is 0 Å². The second-order valence-corrected chi connectivity index (χ2v) is 6.45. The normalized spacial score (nSPS) is 14.7. The van der Waals surface area contributed by atoms with E-state index in [0.29, 0.717) is 6.61 Å². The lowest BCUT2D eigenvalue weighted by molar-refractivity contribution is 0.188. The zero-order valence-electron chi connectivity index (χ0n) is 15.7. The van der Waals surface area contributed by atoms with Crippen LogP contribution in [0.5, 0.6) is 5.75 Å². The Morgan fingerprint density at radius 1 is 0.963 bits per heavy atom. The number of fused-ring (bicyclic) bond motifs is 1. The maximum atomic E-state index is 5.50. The van der Waals surface area contributed by atoms with Crippen molar-refractivity contribution in [2.24, 2.45) is 0 Å². The fourth-order valence-electron chi connectivity index (χ4n) is 3.50. The van der Waals surface area contributed by atoms with Crippen LogP contribution in [0.3, 0.4) is 0 Å². The molecule has 1 saturated heterocycles. The van der Waals surface area contributed by atoms with E-state index in [1.807, 2.05) is 29.1 Å². The second-order valence-electron chi connectivity index (χ2n) is 6.45. The molecule has 3 heterocycles. The van der Waals surface area contributed by atoms with Gasteiger partial charge in [0.2, 0.25) is 0 Å². The van der Waals surface area contributed by atoms with E-state index in [1.54, 1.807) is 20.5 Å². The van der Waals surface area contributed by atoms with Crippen molar-refractivity contribution in [1.29, 1.82) is 0 Å². The molecule has 8 heteroatoms. The fraction of sp³-hybridized carbons (Fsp3) is 0.421. The van der Waals surface area contributed by atoms with Crippen molar-refractivity contribution in [3.05, 3.63) is 36.9 Å². The van der Waals surface area contributed by atoms with Crippen LogP contribution in [-0.4, -0.2) is 66.5 Å². The lowest BCUT2D eigenvalue weighted by atomic mass is 10.2. The van der Waals surface area contributed by atoms with Crippen molar-refractivity contribution < 1.29 is 9.47 Å². The molecule has 142 valence electrons. The van der Waals surface area contributed by atoms with Gasteiger partial charge in [-0.1, -0.05) is 12.1 Å². The van der Waals surface area contributed by atoms with Crippen LogP contribution in [0.1, 0.15) is 0 Å². The van der Waals surface area contributed by atoms with Gasteiger partial charge >= 0.3 is 0 Å². The van der Waals surface area contributed by atoms with Crippen LogP contribution in [0.4, 0.5) is 11.5 Å². The van der Waals surface area contributed by atoms with E-state index >= 15 is 0 Å². The number of piperazine rings is 1. The first kappa shape index (κ1) is 17.5. The SMILES string of the molecule is COCCn1cnc2c(N3CCN(c4ccccc4OC)CC3)ncnc21. The average Bonchev–Trinajstić information content (AvgIpc) is 3.15. The summed E-state index contributed by atoms with van der Waals surface area (Å²) in [6, 6.07) is 8.15. The van der Waals surface area contributed by atoms with Gasteiger partial charge in [-0.2, -0.15) is 0 Å². The van der Waals surface area contributed by atoms with Gasteiger partial charge in [0.05, 0.1) is 25.7 Å². The standard InChI is InChI=1S/C19H24N6O2/c1-26-12-11-25-14-22-17-18(20-13-21-19(17)25)24-9-7-23(8-10-24)15-5-3-4-6-16(15)27-2/h3-6,13-14H,7-12H2,1-2H3. The van der Waals surface area contributed by atoms with Crippen LogP contribution < -0.4 is 14.5 Å². The average molecular weight is 368 g/mol. The van der Waals surface area contributed by atoms with Crippen molar-refractivity contribution in [3.63, 3.8) is 0 Å². The molecular formula is C19H24N6O2. The van der Waals surface area contributed by atoms with Crippen LogP contribution in [0.25, 0.3) is 11.2 Å². The minimum Gasteiger partial charge on any atom is -0.495 e. The highest BCUT2D eigenvalue weighted by Gasteiger charge is 2.23. The summed E-state index contributed by atoms with van der Waals surface area (Å²) in [5.74, 6) is 1.81. The second kappa shape index (κ2) is 7.79. The molecule has 1 fully saturated rings. The molecule has 0 amide bonds. The van der Waals surface area contributed by atoms with Gasteiger partial charge < -0.3 is 23.8 Å². The van der Waals surface area contributed by atoms with Gasteiger partial charge in [-0.05, 0) is 12.1 Å². The highest BCUT2D eigenvalue weighted by atomic mass is 16.5. The maximum Gasteiger partial charge on any atom is 0.165 e. The fourth-order valence-corrected chi connectivity index (χ4v) is 3.50. The third kappa shape index (κ3) is 3.40. The summed E-state index contributed by atoms with van der Waals surface area (Å²) in [6.07, 6.45) is 3.43. The number of hydrogen-bond donors (Lipinski definition) is 0. The van der Waals surface area contributed by atoms with E-state index in [1.165, 1.54) is 0 Å². The first-order valence-corrected chi connectivity index (χ1v) is 9.09. The predicted molar refractivity (Wildman–Crippen MR) is 105 cm³/mol. The molecule has 0 radical (unpaired) electrons. The lowest BCUT2D eigenvalue weighted by Crippen LogP contribution is -2.47. The summed E-state index contributed by atoms with van der Waals surface area (Å²) >= 11 is 0. The number of ether oxygens (including phenoxy) is 2. The Balaban J connectivity index is 1.52. The van der Waals surface area contributed by atoms with E-state index < -0.39 is 0 Å². The molecule has 2 aromatic heterocycles. The number of para-hydroxylation sites is 2. The molecule has 0 bridgehead atoms. The summed E-state index contributed by atoms with van der Waals surface area (Å²) in [6.45, 7) is 4.89. The van der Waals surface area contributed by atoms with Crippen molar-refractivity contribution in [1.82, 2.24) is 19.5 Å². The number of anilines is 2. The molecule has 4 rings (SSSR count). The first-order chi connectivity index (χ1) is 13.3. The van der Waals surface area contributed by atoms with Crippen molar-refractivity contribution in [2.45, 2.75) is 6.54 Å². The maximum absolute atomic E-state index is 5.50. The minimum absolute atomic E-state index is 0.627. The van der Waals surface area contributed by atoms with Crippen LogP contribution in [0, 0.1) is 0 Å². The van der Waals surface area contributed by atoms with Crippen LogP contribution in [0.2, 0.25) is 0 Å². The monoisotopic (exact) mass is 368 g/mol. The molecule has 0 saturated carbocycles. The Labute approximate surface area is 158 Å². The van der Waals surface area contributed by atoms with Crippen LogP contribution in [-0.2, 0) is 11.3 Å². The Bertz CT molecular complexity index is 904. The Morgan fingerprint density at radius 3 is 2.52 bits per heavy atom. The van der Waals surface area contributed by atoms with Gasteiger partial charge in [0.15, 0.2) is 17.0 Å². The first-order valence-electron chi connectivity index (χ1n) is 9.09. The van der Waals surface area contributed by atoms with Crippen molar-refractivity contribution in [3.8, 4) is 5.75 Å². The third-order valence-electron chi connectivity index (χ3n) is 4.92. The molecule has 0 unspecified atom stereocenters. The molecule has 0 atom stereocenters. The number of methoxy groups -OCH3 is 2. The van der Waals surface area contributed by atoms with E-state index in [9.17, 15) is 0 Å². The number of rotatable bonds is 6. The molecule has 0 aliphatic carbocycles. The molecule has 1 aliphatic heterocycles. The molecule has 1 aliphatic rings. The highest BCUT2D eigenvalue weighted by Crippen LogP contribution is 2.30. The van der Waals surface area contributed by atoms with Gasteiger partial charge in [0.1, 0.15) is 12.1 Å². The summed E-state index contributed by atoms with van der Waals surface area (Å²) in [5.41, 5.74) is 2.83.